The molecule has 3 rings (SSSR count). The Balaban J connectivity index is 2.13. The zero-order valence-corrected chi connectivity index (χ0v) is 12.9. The summed E-state index contributed by atoms with van der Waals surface area (Å²) in [5.74, 6) is 0. The molecule has 0 radical (unpaired) electrons. The molecule has 1 atom stereocenters. The summed E-state index contributed by atoms with van der Waals surface area (Å²) in [5.41, 5.74) is 3.82. The highest BCUT2D eigenvalue weighted by atomic mass is 35.5. The predicted octanol–water partition coefficient (Wildman–Crippen LogP) is 4.87. The molecule has 0 saturated heterocycles. The van der Waals surface area contributed by atoms with Crippen LogP contribution in [-0.2, 0) is 0 Å². The molecule has 1 aromatic carbocycles. The maximum absolute atomic E-state index is 5.98. The van der Waals surface area contributed by atoms with E-state index in [-0.39, 0.29) is 6.04 Å². The van der Waals surface area contributed by atoms with Crippen molar-refractivity contribution in [1.82, 2.24) is 5.32 Å². The standard InChI is InChI=1S/C16H15ClN2S/c1-10-11(2)20-16(12-3-5-13(17)6-4-12)15(10)14-7-8-18-9-19-14/h3-9,14H,1-2H3,(H,18,19). The molecule has 0 bridgehead atoms. The van der Waals surface area contributed by atoms with Crippen molar-refractivity contribution >= 4 is 29.3 Å². The molecular weight excluding hydrogens is 288 g/mol. The van der Waals surface area contributed by atoms with E-state index in [9.17, 15) is 0 Å². The van der Waals surface area contributed by atoms with E-state index in [1.165, 1.54) is 26.4 Å². The van der Waals surface area contributed by atoms with Crippen molar-refractivity contribution in [1.29, 1.82) is 0 Å². The van der Waals surface area contributed by atoms with Crippen molar-refractivity contribution in [2.24, 2.45) is 4.99 Å². The van der Waals surface area contributed by atoms with Gasteiger partial charge in [0.1, 0.15) is 0 Å². The van der Waals surface area contributed by atoms with Crippen molar-refractivity contribution in [2.75, 3.05) is 0 Å². The molecule has 2 heterocycles. The monoisotopic (exact) mass is 302 g/mol. The SMILES string of the molecule is Cc1sc(-c2ccc(Cl)cc2)c(C2C=CNC=N2)c1C. The van der Waals surface area contributed by atoms with Gasteiger partial charge in [0.2, 0.25) is 0 Å². The molecule has 1 aromatic heterocycles. The minimum absolute atomic E-state index is 0.0897. The van der Waals surface area contributed by atoms with Crippen molar-refractivity contribution in [3.05, 3.63) is 57.6 Å². The quantitative estimate of drug-likeness (QED) is 0.840. The highest BCUT2D eigenvalue weighted by Crippen LogP contribution is 2.41. The Morgan fingerprint density at radius 1 is 1.20 bits per heavy atom. The van der Waals surface area contributed by atoms with Gasteiger partial charge in [0.05, 0.1) is 12.4 Å². The molecule has 0 spiro atoms. The topological polar surface area (TPSA) is 24.4 Å². The number of halogens is 1. The van der Waals surface area contributed by atoms with Crippen LogP contribution in [0.5, 0.6) is 0 Å². The Labute approximate surface area is 127 Å². The van der Waals surface area contributed by atoms with Gasteiger partial charge in [-0.1, -0.05) is 23.7 Å². The second-order valence-corrected chi connectivity index (χ2v) is 6.44. The number of thiophene rings is 1. The van der Waals surface area contributed by atoms with Crippen LogP contribution in [0, 0.1) is 13.8 Å². The fourth-order valence-corrected chi connectivity index (χ4v) is 3.68. The van der Waals surface area contributed by atoms with Gasteiger partial charge in [-0.05, 0) is 43.2 Å². The maximum atomic E-state index is 5.98. The van der Waals surface area contributed by atoms with Crippen molar-refractivity contribution in [3.63, 3.8) is 0 Å². The number of nitrogens with one attached hydrogen (secondary N) is 1. The van der Waals surface area contributed by atoms with Gasteiger partial charge in [0.25, 0.3) is 0 Å². The number of rotatable bonds is 2. The number of benzene rings is 1. The Morgan fingerprint density at radius 3 is 2.60 bits per heavy atom. The van der Waals surface area contributed by atoms with E-state index in [2.05, 4.69) is 42.4 Å². The molecule has 0 aliphatic carbocycles. The number of nitrogens with zero attached hydrogens (tertiary/aromatic N) is 1. The van der Waals surface area contributed by atoms with Crippen LogP contribution < -0.4 is 5.32 Å². The van der Waals surface area contributed by atoms with E-state index in [0.717, 1.165) is 5.02 Å². The highest BCUT2D eigenvalue weighted by Gasteiger charge is 2.20. The molecule has 2 nitrogen and oxygen atoms in total. The van der Waals surface area contributed by atoms with E-state index in [0.29, 0.717) is 0 Å². The first-order chi connectivity index (χ1) is 9.66. The van der Waals surface area contributed by atoms with E-state index < -0.39 is 0 Å². The largest absolute Gasteiger partial charge is 0.353 e. The van der Waals surface area contributed by atoms with Gasteiger partial charge >= 0.3 is 0 Å². The van der Waals surface area contributed by atoms with Crippen molar-refractivity contribution in [3.8, 4) is 10.4 Å². The summed E-state index contributed by atoms with van der Waals surface area (Å²) in [7, 11) is 0. The van der Waals surface area contributed by atoms with Crippen LogP contribution in [0.1, 0.15) is 22.0 Å². The van der Waals surface area contributed by atoms with E-state index >= 15 is 0 Å². The average Bonchev–Trinajstić information content (AvgIpc) is 2.77. The van der Waals surface area contributed by atoms with Gasteiger partial charge in [-0.3, -0.25) is 4.99 Å². The fraction of sp³-hybridized carbons (Fsp3) is 0.188. The lowest BCUT2D eigenvalue weighted by Gasteiger charge is -2.14. The van der Waals surface area contributed by atoms with Crippen LogP contribution in [0.25, 0.3) is 10.4 Å². The summed E-state index contributed by atoms with van der Waals surface area (Å²) in [6.45, 7) is 4.34. The molecule has 0 fully saturated rings. The Bertz CT molecular complexity index is 671. The highest BCUT2D eigenvalue weighted by molar-refractivity contribution is 7.15. The first kappa shape index (κ1) is 13.4. The lowest BCUT2D eigenvalue weighted by molar-refractivity contribution is 0.881. The van der Waals surface area contributed by atoms with Gasteiger partial charge < -0.3 is 5.32 Å². The number of aliphatic imine (C=N–C) groups is 1. The van der Waals surface area contributed by atoms with E-state index in [1.54, 1.807) is 6.34 Å². The second-order valence-electron chi connectivity index (χ2n) is 4.78. The van der Waals surface area contributed by atoms with Gasteiger partial charge in [-0.2, -0.15) is 0 Å². The van der Waals surface area contributed by atoms with Crippen LogP contribution in [0.2, 0.25) is 5.02 Å². The van der Waals surface area contributed by atoms with Crippen LogP contribution >= 0.6 is 22.9 Å². The third-order valence-corrected chi connectivity index (χ3v) is 5.04. The molecule has 102 valence electrons. The molecule has 1 aliphatic rings. The average molecular weight is 303 g/mol. The summed E-state index contributed by atoms with van der Waals surface area (Å²) in [5, 5.41) is 3.76. The van der Waals surface area contributed by atoms with Gasteiger partial charge in [0, 0.05) is 26.5 Å². The number of hydrogen-bond acceptors (Lipinski definition) is 3. The van der Waals surface area contributed by atoms with Gasteiger partial charge in [0.15, 0.2) is 0 Å². The van der Waals surface area contributed by atoms with Crippen molar-refractivity contribution in [2.45, 2.75) is 19.9 Å². The molecule has 4 heteroatoms. The number of hydrogen-bond donors (Lipinski definition) is 1. The third kappa shape index (κ3) is 2.39. The smallest absolute Gasteiger partial charge is 0.0981 e. The molecule has 2 aromatic rings. The second kappa shape index (κ2) is 5.43. The predicted molar refractivity (Wildman–Crippen MR) is 87.7 cm³/mol. The van der Waals surface area contributed by atoms with Crippen LogP contribution in [-0.4, -0.2) is 6.34 Å². The van der Waals surface area contributed by atoms with Crippen molar-refractivity contribution < 1.29 is 0 Å². The van der Waals surface area contributed by atoms with Crippen LogP contribution in [0.15, 0.2) is 41.5 Å². The lowest BCUT2D eigenvalue weighted by Crippen LogP contribution is -2.09. The first-order valence-corrected chi connectivity index (χ1v) is 7.66. The van der Waals surface area contributed by atoms with Crippen LogP contribution in [0.4, 0.5) is 0 Å². The molecule has 1 unspecified atom stereocenters. The zero-order valence-electron chi connectivity index (χ0n) is 11.4. The first-order valence-electron chi connectivity index (χ1n) is 6.47. The summed E-state index contributed by atoms with van der Waals surface area (Å²) < 4.78 is 0. The summed E-state index contributed by atoms with van der Waals surface area (Å²) >= 11 is 7.81. The normalized spacial score (nSPS) is 17.2. The van der Waals surface area contributed by atoms with E-state index in [1.807, 2.05) is 29.7 Å². The Kier molecular flexibility index (Phi) is 3.64. The fourth-order valence-electron chi connectivity index (χ4n) is 2.35. The zero-order chi connectivity index (χ0) is 14.1. The molecule has 20 heavy (non-hydrogen) atoms. The van der Waals surface area contributed by atoms with E-state index in [4.69, 9.17) is 11.6 Å². The minimum Gasteiger partial charge on any atom is -0.353 e. The van der Waals surface area contributed by atoms with Gasteiger partial charge in [-0.25, -0.2) is 0 Å². The molecular formula is C16H15ClN2S. The van der Waals surface area contributed by atoms with Crippen LogP contribution in [0.3, 0.4) is 0 Å². The Morgan fingerprint density at radius 2 is 1.95 bits per heavy atom. The summed E-state index contributed by atoms with van der Waals surface area (Å²) in [4.78, 5) is 7.16. The third-order valence-electron chi connectivity index (χ3n) is 3.52. The summed E-state index contributed by atoms with van der Waals surface area (Å²) in [6.07, 6.45) is 5.78. The summed E-state index contributed by atoms with van der Waals surface area (Å²) in [6, 6.07) is 8.11. The number of aryl methyl sites for hydroxylation is 1. The maximum Gasteiger partial charge on any atom is 0.0981 e. The minimum atomic E-state index is 0.0897. The lowest BCUT2D eigenvalue weighted by atomic mass is 9.98. The molecule has 0 amide bonds. The molecule has 1 N–H and O–H groups in total. The van der Waals surface area contributed by atoms with Gasteiger partial charge in [-0.15, -0.1) is 11.3 Å². The molecule has 1 aliphatic heterocycles. The molecule has 0 saturated carbocycles. The Hall–Kier alpha value is -1.58.